The van der Waals surface area contributed by atoms with Gasteiger partial charge in [0.25, 0.3) is 23.4 Å². The number of alkyl halides is 9. The molecule has 0 spiro atoms. The second kappa shape index (κ2) is 22.5. The number of amides is 3. The summed E-state index contributed by atoms with van der Waals surface area (Å²) in [5, 5.41) is 47.1. The van der Waals surface area contributed by atoms with Crippen LogP contribution in [0.25, 0.3) is 4.85 Å². The van der Waals surface area contributed by atoms with Crippen molar-refractivity contribution in [1.82, 2.24) is 14.7 Å². The highest BCUT2D eigenvalue weighted by Gasteiger charge is 2.40. The summed E-state index contributed by atoms with van der Waals surface area (Å²) < 4.78 is 128. The molecule has 3 aromatic rings. The van der Waals surface area contributed by atoms with E-state index < -0.39 is 91.9 Å². The average molecular weight is 959 g/mol. The minimum Gasteiger partial charge on any atom is -0.379 e. The normalized spacial score (nSPS) is 14.5. The van der Waals surface area contributed by atoms with E-state index in [4.69, 9.17) is 6.57 Å². The monoisotopic (exact) mass is 958 g/mol. The minimum atomic E-state index is -4.95. The van der Waals surface area contributed by atoms with E-state index in [1.54, 1.807) is 52.1 Å². The molecule has 0 aliphatic rings. The van der Waals surface area contributed by atoms with Gasteiger partial charge in [-0.05, 0) is 106 Å². The van der Waals surface area contributed by atoms with Crippen molar-refractivity contribution in [1.29, 1.82) is 0 Å². The third-order valence-corrected chi connectivity index (χ3v) is 8.31. The van der Waals surface area contributed by atoms with Gasteiger partial charge in [0.2, 0.25) is 0 Å². The number of anilines is 3. The smallest absolute Gasteiger partial charge is 0.379 e. The predicted octanol–water partition coefficient (Wildman–Crippen LogP) is 6.47. The van der Waals surface area contributed by atoms with Gasteiger partial charge in [-0.25, -0.2) is 9.24 Å². The van der Waals surface area contributed by atoms with Crippen molar-refractivity contribution in [3.8, 4) is 0 Å². The summed E-state index contributed by atoms with van der Waals surface area (Å²) in [6.45, 7) is 10.4. The van der Waals surface area contributed by atoms with Gasteiger partial charge in [-0.2, -0.15) is 39.5 Å². The van der Waals surface area contributed by atoms with Gasteiger partial charge in [0.05, 0.1) is 22.6 Å². The predicted molar refractivity (Wildman–Crippen MR) is 221 cm³/mol. The number of hydrogen-bond acceptors (Lipinski definition) is 11. The lowest BCUT2D eigenvalue weighted by molar-refractivity contribution is -0.388. The quantitative estimate of drug-likeness (QED) is 0.0474. The van der Waals surface area contributed by atoms with E-state index in [9.17, 15) is 83.7 Å². The Kier molecular flexibility index (Phi) is 19.8. The third-order valence-electron chi connectivity index (χ3n) is 8.31. The van der Waals surface area contributed by atoms with E-state index >= 15 is 0 Å². The lowest BCUT2D eigenvalue weighted by Gasteiger charge is -2.25. The van der Waals surface area contributed by atoms with Crippen LogP contribution in [0.2, 0.25) is 0 Å². The fourth-order valence-corrected chi connectivity index (χ4v) is 5.62. The third kappa shape index (κ3) is 18.1. The Morgan fingerprint density at radius 3 is 1.20 bits per heavy atom. The van der Waals surface area contributed by atoms with Crippen molar-refractivity contribution in [2.75, 3.05) is 77.9 Å². The van der Waals surface area contributed by atoms with E-state index in [1.807, 2.05) is 0 Å². The van der Waals surface area contributed by atoms with E-state index in [-0.39, 0.29) is 36.7 Å². The van der Waals surface area contributed by atoms with Crippen LogP contribution < -0.4 is 16.0 Å². The van der Waals surface area contributed by atoms with Crippen molar-refractivity contribution in [3.63, 3.8) is 0 Å². The SMILES string of the molecule is CN(C)CC(C)(O)C(=O)Nc1ccc(F)c(C(F)(F)F)c1.CN(C)CC(C)(O)C(=O)Nc1ccc([N+](=O)[O-])c(C(F)(F)F)c1.[C-]#[N+]c1ccc(NC(=O)C(C)(O)CN(C)C)cc1C(F)(F)F. The Balaban J connectivity index is 0.000000496. The molecule has 0 fully saturated rings. The summed E-state index contributed by atoms with van der Waals surface area (Å²) in [6, 6.07) is 7.01. The fourth-order valence-electron chi connectivity index (χ4n) is 5.62. The number of hydrogen-bond donors (Lipinski definition) is 6. The van der Waals surface area contributed by atoms with E-state index in [1.165, 1.54) is 31.7 Å². The van der Waals surface area contributed by atoms with Crippen molar-refractivity contribution in [2.24, 2.45) is 0 Å². The van der Waals surface area contributed by atoms with Crippen LogP contribution >= 0.6 is 0 Å². The number of nitrogens with one attached hydrogen (secondary N) is 3. The van der Waals surface area contributed by atoms with Gasteiger partial charge < -0.3 is 46.0 Å². The molecule has 366 valence electrons. The summed E-state index contributed by atoms with van der Waals surface area (Å²) >= 11 is 0. The lowest BCUT2D eigenvalue weighted by Crippen LogP contribution is -2.47. The first-order chi connectivity index (χ1) is 29.7. The van der Waals surface area contributed by atoms with Gasteiger partial charge in [-0.3, -0.25) is 24.5 Å². The maximum absolute atomic E-state index is 13.1. The molecule has 0 bridgehead atoms. The Labute approximate surface area is 371 Å². The van der Waals surface area contributed by atoms with Crippen LogP contribution in [0.3, 0.4) is 0 Å². The summed E-state index contributed by atoms with van der Waals surface area (Å²) in [5.41, 5.74) is -11.8. The standard InChI is InChI=1S/C14H16F3N3O2.C13H16F4N2O2.C13H16F3N3O4/c1-13(22,8-20(3)4)12(21)19-9-5-6-11(18-2)10(7-9)14(15,16)17;1-12(21,7-19(2)3)11(20)18-8-4-5-10(14)9(6-8)13(15,16)17;1-12(21,7-18(2)3)11(20)17-8-4-5-10(19(22)23)9(6-8)13(14,15)16/h5-7,22H,8H2,1,3-4H3,(H,19,21);4-6,21H,7H2,1-3H3,(H,18,20);4-6,21H,7H2,1-3H3,(H,17,20). The maximum atomic E-state index is 13.1. The first kappa shape index (κ1) is 58.0. The molecular formula is C40H48F10N8O8. The van der Waals surface area contributed by atoms with Gasteiger partial charge in [0.15, 0.2) is 22.5 Å². The number of carbonyl (C=O) groups excluding carboxylic acids is 3. The molecule has 6 N–H and O–H groups in total. The Bertz CT molecular complexity index is 2240. The van der Waals surface area contributed by atoms with Crippen LogP contribution in [-0.2, 0) is 32.9 Å². The first-order valence-electron chi connectivity index (χ1n) is 18.6. The van der Waals surface area contributed by atoms with Crippen LogP contribution in [0.5, 0.6) is 0 Å². The second-order valence-corrected chi connectivity index (χ2v) is 15.9. The van der Waals surface area contributed by atoms with Crippen molar-refractivity contribution in [3.05, 3.63) is 98.6 Å². The summed E-state index contributed by atoms with van der Waals surface area (Å²) in [6.07, 6.45) is -14.5. The molecule has 0 aromatic heterocycles. The zero-order chi connectivity index (χ0) is 51.6. The zero-order valence-corrected chi connectivity index (χ0v) is 36.7. The number of rotatable bonds is 13. The Morgan fingerprint density at radius 2 is 0.894 bits per heavy atom. The van der Waals surface area contributed by atoms with Crippen molar-refractivity contribution >= 4 is 46.2 Å². The Hall–Kier alpha value is -5.98. The second-order valence-electron chi connectivity index (χ2n) is 15.9. The number of carbonyl (C=O) groups is 3. The van der Waals surface area contributed by atoms with Crippen LogP contribution in [0, 0.1) is 22.5 Å². The number of nitrogens with zero attached hydrogens (tertiary/aromatic N) is 5. The van der Waals surface area contributed by atoms with E-state index in [0.29, 0.717) is 30.3 Å². The van der Waals surface area contributed by atoms with Crippen LogP contribution in [0.1, 0.15) is 37.5 Å². The number of nitro benzene ring substituents is 1. The highest BCUT2D eigenvalue weighted by molar-refractivity contribution is 5.98. The first-order valence-corrected chi connectivity index (χ1v) is 18.6. The number of halogens is 10. The van der Waals surface area contributed by atoms with Crippen LogP contribution in [0.4, 0.5) is 72.3 Å². The van der Waals surface area contributed by atoms with Gasteiger partial charge in [0.1, 0.15) is 11.4 Å². The fraction of sp³-hybridized carbons (Fsp3) is 0.450. The Morgan fingerprint density at radius 1 is 0.591 bits per heavy atom. The van der Waals surface area contributed by atoms with Gasteiger partial charge >= 0.3 is 18.5 Å². The van der Waals surface area contributed by atoms with Gasteiger partial charge in [-0.1, -0.05) is 6.07 Å². The molecule has 0 saturated heterocycles. The molecular weight excluding hydrogens is 910 g/mol. The lowest BCUT2D eigenvalue weighted by atomic mass is 10.1. The van der Waals surface area contributed by atoms with E-state index in [0.717, 1.165) is 18.2 Å². The molecule has 3 unspecified atom stereocenters. The van der Waals surface area contributed by atoms with Crippen LogP contribution in [0.15, 0.2) is 54.6 Å². The van der Waals surface area contributed by atoms with Crippen molar-refractivity contribution < 1.29 is 78.5 Å². The molecule has 0 aliphatic carbocycles. The van der Waals surface area contributed by atoms with Gasteiger partial charge in [0, 0.05) is 42.8 Å². The number of benzene rings is 3. The highest BCUT2D eigenvalue weighted by atomic mass is 19.4. The van der Waals surface area contributed by atoms with E-state index in [2.05, 4.69) is 20.8 Å². The molecule has 16 nitrogen and oxygen atoms in total. The molecule has 3 atom stereocenters. The average Bonchev–Trinajstić information content (AvgIpc) is 3.13. The minimum absolute atomic E-state index is 0.00506. The molecule has 26 heteroatoms. The molecule has 0 radical (unpaired) electrons. The molecule has 3 rings (SSSR count). The number of nitro groups is 1. The summed E-state index contributed by atoms with van der Waals surface area (Å²) in [4.78, 5) is 52.7. The molecule has 0 saturated carbocycles. The highest BCUT2D eigenvalue weighted by Crippen LogP contribution is 2.39. The van der Waals surface area contributed by atoms with Crippen LogP contribution in [-0.4, -0.2) is 131 Å². The number of aliphatic hydroxyl groups is 3. The summed E-state index contributed by atoms with van der Waals surface area (Å²) in [5.74, 6) is -4.06. The van der Waals surface area contributed by atoms with Gasteiger partial charge in [-0.15, -0.1) is 0 Å². The molecule has 0 aliphatic heterocycles. The molecule has 3 aromatic carbocycles. The number of likely N-dealkylation sites (N-methyl/N-ethyl adjacent to an activating group) is 3. The molecule has 66 heavy (non-hydrogen) atoms. The molecule has 0 heterocycles. The maximum Gasteiger partial charge on any atom is 0.423 e. The molecule has 3 amide bonds. The zero-order valence-electron chi connectivity index (χ0n) is 36.7. The summed E-state index contributed by atoms with van der Waals surface area (Å²) in [7, 11) is 9.76. The largest absolute Gasteiger partial charge is 0.423 e. The topological polar surface area (TPSA) is 205 Å². The van der Waals surface area contributed by atoms with Crippen molar-refractivity contribution in [2.45, 2.75) is 56.1 Å².